The molecule has 0 amide bonds. The third-order valence-corrected chi connectivity index (χ3v) is 7.21. The molecule has 3 heterocycles. The first-order valence-electron chi connectivity index (χ1n) is 12.2. The molecule has 6 aromatic rings. The van der Waals surface area contributed by atoms with Crippen LogP contribution < -0.4 is 5.56 Å². The van der Waals surface area contributed by atoms with Gasteiger partial charge in [-0.3, -0.25) is 9.36 Å². The number of hydrogen-bond acceptors (Lipinski definition) is 6. The van der Waals surface area contributed by atoms with Crippen molar-refractivity contribution in [2.45, 2.75) is 24.0 Å². The van der Waals surface area contributed by atoms with Crippen molar-refractivity contribution in [1.82, 2.24) is 24.7 Å². The number of rotatable bonds is 6. The van der Waals surface area contributed by atoms with Crippen molar-refractivity contribution in [2.24, 2.45) is 0 Å². The predicted octanol–water partition coefficient (Wildman–Crippen LogP) is 7.05. The molecule has 0 aliphatic rings. The molecule has 0 radical (unpaired) electrons. The highest BCUT2D eigenvalue weighted by Crippen LogP contribution is 2.33. The van der Waals surface area contributed by atoms with Gasteiger partial charge in [-0.25, -0.2) is 4.98 Å². The van der Waals surface area contributed by atoms with E-state index in [1.54, 1.807) is 6.20 Å². The molecule has 200 valence electrons. The molecular formula is C29H20F3N5O2S. The van der Waals surface area contributed by atoms with Crippen molar-refractivity contribution in [1.29, 1.82) is 0 Å². The molecule has 0 fully saturated rings. The van der Waals surface area contributed by atoms with Gasteiger partial charge in [0.05, 0.1) is 17.0 Å². The lowest BCUT2D eigenvalue weighted by Crippen LogP contribution is -2.21. The lowest BCUT2D eigenvalue weighted by Gasteiger charge is -2.12. The number of aromatic amines is 1. The van der Waals surface area contributed by atoms with Crippen LogP contribution in [0, 0.1) is 6.92 Å². The minimum Gasteiger partial charge on any atom is -0.355 e. The van der Waals surface area contributed by atoms with Crippen molar-refractivity contribution >= 4 is 22.8 Å². The molecule has 0 unspecified atom stereocenters. The third kappa shape index (κ3) is 4.91. The van der Waals surface area contributed by atoms with E-state index in [1.165, 1.54) is 28.5 Å². The summed E-state index contributed by atoms with van der Waals surface area (Å²) in [4.78, 5) is 26.0. The summed E-state index contributed by atoms with van der Waals surface area (Å²) in [6.45, 7) is 1.96. The lowest BCUT2D eigenvalue weighted by atomic mass is 10.1. The average Bonchev–Trinajstić information content (AvgIpc) is 3.61. The van der Waals surface area contributed by atoms with Crippen LogP contribution in [-0.4, -0.2) is 24.7 Å². The molecular weight excluding hydrogens is 539 g/mol. The minimum absolute atomic E-state index is 0.0398. The van der Waals surface area contributed by atoms with E-state index in [-0.39, 0.29) is 28.6 Å². The van der Waals surface area contributed by atoms with E-state index in [4.69, 9.17) is 9.51 Å². The van der Waals surface area contributed by atoms with Crippen molar-refractivity contribution in [2.75, 3.05) is 0 Å². The second-order valence-corrected chi connectivity index (χ2v) is 9.98. The first-order valence-corrected chi connectivity index (χ1v) is 13.2. The zero-order chi connectivity index (χ0) is 27.9. The Labute approximate surface area is 229 Å². The zero-order valence-electron chi connectivity index (χ0n) is 20.9. The second kappa shape index (κ2) is 10.2. The normalized spacial score (nSPS) is 11.8. The third-order valence-electron chi connectivity index (χ3n) is 6.29. The largest absolute Gasteiger partial charge is 0.416 e. The molecule has 0 spiro atoms. The number of halogens is 3. The summed E-state index contributed by atoms with van der Waals surface area (Å²) >= 11 is 1.21. The van der Waals surface area contributed by atoms with Gasteiger partial charge in [0.1, 0.15) is 11.0 Å². The van der Waals surface area contributed by atoms with Gasteiger partial charge in [0, 0.05) is 17.3 Å². The molecule has 0 saturated heterocycles. The predicted molar refractivity (Wildman–Crippen MR) is 146 cm³/mol. The first-order chi connectivity index (χ1) is 19.3. The van der Waals surface area contributed by atoms with E-state index in [1.807, 2.05) is 61.5 Å². The highest BCUT2D eigenvalue weighted by atomic mass is 32.2. The van der Waals surface area contributed by atoms with Crippen LogP contribution in [0.4, 0.5) is 13.2 Å². The SMILES string of the molecule is Cc1ccc(-n2c(SCc3nc(-c4cccc(C(F)(F)F)c4)no3)nc3c(-c4ccccc4)c[nH]c3c2=O)cc1. The molecule has 1 N–H and O–H groups in total. The molecule has 3 aromatic heterocycles. The number of alkyl halides is 3. The van der Waals surface area contributed by atoms with Crippen LogP contribution in [0.1, 0.15) is 17.0 Å². The van der Waals surface area contributed by atoms with Crippen LogP contribution in [0.5, 0.6) is 0 Å². The van der Waals surface area contributed by atoms with Crippen LogP contribution in [-0.2, 0) is 11.9 Å². The molecule has 40 heavy (non-hydrogen) atoms. The summed E-state index contributed by atoms with van der Waals surface area (Å²) in [7, 11) is 0. The number of aromatic nitrogens is 5. The Morgan fingerprint density at radius 1 is 0.950 bits per heavy atom. The quantitative estimate of drug-likeness (QED) is 0.174. The number of H-pyrrole nitrogens is 1. The van der Waals surface area contributed by atoms with Gasteiger partial charge in [-0.1, -0.05) is 77.1 Å². The van der Waals surface area contributed by atoms with E-state index < -0.39 is 11.7 Å². The molecule has 7 nitrogen and oxygen atoms in total. The van der Waals surface area contributed by atoms with Crippen LogP contribution >= 0.6 is 11.8 Å². The summed E-state index contributed by atoms with van der Waals surface area (Å²) in [5.41, 5.74) is 3.39. The van der Waals surface area contributed by atoms with Gasteiger partial charge in [-0.05, 0) is 36.8 Å². The molecule has 3 aromatic carbocycles. The Hall–Kier alpha value is -4.64. The molecule has 0 saturated carbocycles. The van der Waals surface area contributed by atoms with Gasteiger partial charge in [-0.2, -0.15) is 18.2 Å². The van der Waals surface area contributed by atoms with Gasteiger partial charge in [0.15, 0.2) is 5.16 Å². The summed E-state index contributed by atoms with van der Waals surface area (Å²) in [5, 5.41) is 4.26. The van der Waals surface area contributed by atoms with Gasteiger partial charge >= 0.3 is 6.18 Å². The van der Waals surface area contributed by atoms with Crippen LogP contribution in [0.25, 0.3) is 39.2 Å². The van der Waals surface area contributed by atoms with Gasteiger partial charge in [0.2, 0.25) is 11.7 Å². The Balaban J connectivity index is 1.38. The van der Waals surface area contributed by atoms with Crippen molar-refractivity contribution in [3.8, 4) is 28.2 Å². The van der Waals surface area contributed by atoms with Crippen LogP contribution in [0.2, 0.25) is 0 Å². The smallest absolute Gasteiger partial charge is 0.355 e. The first kappa shape index (κ1) is 25.6. The second-order valence-electron chi connectivity index (χ2n) is 9.04. The number of aryl methyl sites for hydroxylation is 1. The summed E-state index contributed by atoms with van der Waals surface area (Å²) in [5.74, 6) is 0.360. The number of thioether (sulfide) groups is 1. The molecule has 6 rings (SSSR count). The molecule has 0 aliphatic carbocycles. The van der Waals surface area contributed by atoms with E-state index in [0.29, 0.717) is 21.9 Å². The topological polar surface area (TPSA) is 89.6 Å². The van der Waals surface area contributed by atoms with Crippen molar-refractivity contribution < 1.29 is 17.7 Å². The van der Waals surface area contributed by atoms with Crippen LogP contribution in [0.15, 0.2) is 99.5 Å². The zero-order valence-corrected chi connectivity index (χ0v) is 21.8. The molecule has 0 bridgehead atoms. The summed E-state index contributed by atoms with van der Waals surface area (Å²) < 4.78 is 46.3. The number of fused-ring (bicyclic) bond motifs is 1. The van der Waals surface area contributed by atoms with Crippen LogP contribution in [0.3, 0.4) is 0 Å². The number of nitrogens with one attached hydrogen (secondary N) is 1. The van der Waals surface area contributed by atoms with Crippen molar-refractivity contribution in [3.63, 3.8) is 0 Å². The lowest BCUT2D eigenvalue weighted by molar-refractivity contribution is -0.137. The fourth-order valence-corrected chi connectivity index (χ4v) is 5.13. The molecule has 11 heteroatoms. The van der Waals surface area contributed by atoms with E-state index >= 15 is 0 Å². The van der Waals surface area contributed by atoms with E-state index in [9.17, 15) is 18.0 Å². The summed E-state index contributed by atoms with van der Waals surface area (Å²) in [6, 6.07) is 21.9. The molecule has 0 aliphatic heterocycles. The van der Waals surface area contributed by atoms with Gasteiger partial charge in [0.25, 0.3) is 5.56 Å². The maximum atomic E-state index is 13.7. The minimum atomic E-state index is -4.49. The average molecular weight is 560 g/mol. The maximum Gasteiger partial charge on any atom is 0.416 e. The highest BCUT2D eigenvalue weighted by Gasteiger charge is 2.31. The molecule has 0 atom stereocenters. The number of nitrogens with zero attached hydrogens (tertiary/aromatic N) is 4. The Bertz CT molecular complexity index is 1880. The monoisotopic (exact) mass is 559 g/mol. The summed E-state index contributed by atoms with van der Waals surface area (Å²) in [6.07, 6.45) is -2.72. The van der Waals surface area contributed by atoms with Crippen molar-refractivity contribution in [3.05, 3.63) is 112 Å². The van der Waals surface area contributed by atoms with E-state index in [0.717, 1.165) is 28.8 Å². The Morgan fingerprint density at radius 3 is 2.45 bits per heavy atom. The Morgan fingerprint density at radius 2 is 1.70 bits per heavy atom. The highest BCUT2D eigenvalue weighted by molar-refractivity contribution is 7.98. The Kier molecular flexibility index (Phi) is 6.51. The number of hydrogen-bond donors (Lipinski definition) is 1. The fraction of sp³-hybridized carbons (Fsp3) is 0.103. The number of benzene rings is 3. The van der Waals surface area contributed by atoms with Gasteiger partial charge < -0.3 is 9.51 Å². The standard InChI is InChI=1S/C29H20F3N5O2S/c1-17-10-12-21(13-11-17)37-27(38)25-24(22(15-33-25)18-6-3-2-4-7-18)35-28(37)40-16-23-34-26(36-39-23)19-8-5-9-20(14-19)29(30,31)32/h2-15,33H,16H2,1H3. The maximum absolute atomic E-state index is 13.7. The fourth-order valence-electron chi connectivity index (χ4n) is 4.29. The van der Waals surface area contributed by atoms with Gasteiger partial charge in [-0.15, -0.1) is 0 Å². The van der Waals surface area contributed by atoms with E-state index in [2.05, 4.69) is 15.1 Å².